The number of nitrogens with one attached hydrogen (secondary N) is 1. The summed E-state index contributed by atoms with van der Waals surface area (Å²) in [6.07, 6.45) is 1.78. The van der Waals surface area contributed by atoms with Gasteiger partial charge in [0.2, 0.25) is 0 Å². The summed E-state index contributed by atoms with van der Waals surface area (Å²) in [5.41, 5.74) is 1.80. The van der Waals surface area contributed by atoms with E-state index in [0.717, 1.165) is 16.3 Å². The van der Waals surface area contributed by atoms with Gasteiger partial charge in [-0.25, -0.2) is 4.98 Å². The van der Waals surface area contributed by atoms with Crippen LogP contribution in [0.3, 0.4) is 0 Å². The first-order chi connectivity index (χ1) is 9.63. The predicted octanol–water partition coefficient (Wildman–Crippen LogP) is 3.17. The Kier molecular flexibility index (Phi) is 3.37. The Morgan fingerprint density at radius 1 is 1.40 bits per heavy atom. The van der Waals surface area contributed by atoms with E-state index in [0.29, 0.717) is 10.7 Å². The van der Waals surface area contributed by atoms with Gasteiger partial charge in [0.25, 0.3) is 5.91 Å². The third-order valence-corrected chi connectivity index (χ3v) is 4.61. The lowest BCUT2D eigenvalue weighted by Gasteiger charge is -1.99. The maximum atomic E-state index is 12.2. The Morgan fingerprint density at radius 3 is 2.90 bits per heavy atom. The van der Waals surface area contributed by atoms with E-state index < -0.39 is 0 Å². The van der Waals surface area contributed by atoms with Crippen molar-refractivity contribution in [1.29, 1.82) is 0 Å². The fourth-order valence-corrected chi connectivity index (χ4v) is 3.44. The number of aryl methyl sites for hydroxylation is 2. The van der Waals surface area contributed by atoms with Crippen LogP contribution in [0.5, 0.6) is 0 Å². The Bertz CT molecular complexity index is 742. The third kappa shape index (κ3) is 2.50. The van der Waals surface area contributed by atoms with Gasteiger partial charge in [-0.3, -0.25) is 9.48 Å². The molecule has 7 heteroatoms. The molecule has 1 amide bonds. The fourth-order valence-electron chi connectivity index (χ4n) is 1.77. The number of hydrogen-bond acceptors (Lipinski definition) is 5. The molecule has 0 aromatic carbocycles. The zero-order chi connectivity index (χ0) is 14.1. The molecule has 0 aliphatic heterocycles. The maximum Gasteiger partial charge on any atom is 0.268 e. The van der Waals surface area contributed by atoms with Crippen LogP contribution in [0.2, 0.25) is 0 Å². The minimum absolute atomic E-state index is 0.167. The van der Waals surface area contributed by atoms with Gasteiger partial charge in [0.05, 0.1) is 5.69 Å². The zero-order valence-corrected chi connectivity index (χ0v) is 12.6. The molecule has 0 aliphatic rings. The van der Waals surface area contributed by atoms with E-state index >= 15 is 0 Å². The summed E-state index contributed by atoms with van der Waals surface area (Å²) in [4.78, 5) is 17.3. The number of rotatable bonds is 3. The lowest BCUT2D eigenvalue weighted by atomic mass is 10.3. The molecular weight excluding hydrogens is 292 g/mol. The second-order valence-corrected chi connectivity index (χ2v) is 6.05. The minimum Gasteiger partial charge on any atom is -0.304 e. The predicted molar refractivity (Wildman–Crippen MR) is 81.3 cm³/mol. The van der Waals surface area contributed by atoms with Crippen LogP contribution in [-0.4, -0.2) is 20.7 Å². The molecule has 0 aliphatic carbocycles. The Balaban J connectivity index is 1.85. The lowest BCUT2D eigenvalue weighted by molar-refractivity contribution is 0.102. The van der Waals surface area contributed by atoms with Crippen molar-refractivity contribution < 1.29 is 4.79 Å². The van der Waals surface area contributed by atoms with Crippen molar-refractivity contribution in [3.8, 4) is 10.6 Å². The minimum atomic E-state index is -0.167. The molecule has 0 unspecified atom stereocenters. The van der Waals surface area contributed by atoms with Crippen LogP contribution in [0, 0.1) is 6.92 Å². The molecule has 102 valence electrons. The SMILES string of the molecule is Cc1nc(-c2ccsc2)sc1C(=O)Nc1ccn(C)n1. The van der Waals surface area contributed by atoms with Crippen LogP contribution in [0.15, 0.2) is 29.1 Å². The van der Waals surface area contributed by atoms with Crippen molar-refractivity contribution in [2.45, 2.75) is 6.92 Å². The quantitative estimate of drug-likeness (QED) is 0.808. The van der Waals surface area contributed by atoms with E-state index in [9.17, 15) is 4.79 Å². The molecule has 3 heterocycles. The highest BCUT2D eigenvalue weighted by Crippen LogP contribution is 2.29. The summed E-state index contributed by atoms with van der Waals surface area (Å²) in [6.45, 7) is 1.85. The van der Waals surface area contributed by atoms with E-state index in [4.69, 9.17) is 0 Å². The standard InChI is InChI=1S/C13H12N4OS2/c1-8-11(12(18)15-10-3-5-17(2)16-10)20-13(14-8)9-4-6-19-7-9/h3-7H,1-2H3,(H,15,16,18). The molecule has 0 saturated carbocycles. The highest BCUT2D eigenvalue weighted by atomic mass is 32.1. The number of hydrogen-bond donors (Lipinski definition) is 1. The second-order valence-electron chi connectivity index (χ2n) is 4.27. The topological polar surface area (TPSA) is 59.8 Å². The smallest absolute Gasteiger partial charge is 0.268 e. The highest BCUT2D eigenvalue weighted by molar-refractivity contribution is 7.17. The van der Waals surface area contributed by atoms with E-state index in [1.807, 2.05) is 30.8 Å². The number of thiazole rings is 1. The van der Waals surface area contributed by atoms with Gasteiger partial charge in [-0.05, 0) is 18.4 Å². The van der Waals surface area contributed by atoms with Crippen LogP contribution in [0.4, 0.5) is 5.82 Å². The largest absolute Gasteiger partial charge is 0.304 e. The van der Waals surface area contributed by atoms with Crippen LogP contribution >= 0.6 is 22.7 Å². The third-order valence-electron chi connectivity index (χ3n) is 2.73. The lowest BCUT2D eigenvalue weighted by Crippen LogP contribution is -2.12. The van der Waals surface area contributed by atoms with E-state index in [2.05, 4.69) is 15.4 Å². The first-order valence-corrected chi connectivity index (χ1v) is 7.70. The summed E-state index contributed by atoms with van der Waals surface area (Å²) >= 11 is 3.02. The number of thiophene rings is 1. The summed E-state index contributed by atoms with van der Waals surface area (Å²) < 4.78 is 1.64. The van der Waals surface area contributed by atoms with Crippen molar-refractivity contribution in [3.05, 3.63) is 39.7 Å². The van der Waals surface area contributed by atoms with E-state index in [-0.39, 0.29) is 5.91 Å². The van der Waals surface area contributed by atoms with Gasteiger partial charge < -0.3 is 5.32 Å². The molecular formula is C13H12N4OS2. The van der Waals surface area contributed by atoms with Gasteiger partial charge in [-0.1, -0.05) is 0 Å². The normalized spacial score (nSPS) is 10.7. The molecule has 0 atom stereocenters. The van der Waals surface area contributed by atoms with Crippen molar-refractivity contribution in [2.75, 3.05) is 5.32 Å². The van der Waals surface area contributed by atoms with Crippen molar-refractivity contribution in [1.82, 2.24) is 14.8 Å². The van der Waals surface area contributed by atoms with Crippen LogP contribution in [-0.2, 0) is 7.05 Å². The average Bonchev–Trinajstić information content (AvgIpc) is 3.09. The van der Waals surface area contributed by atoms with Crippen LogP contribution < -0.4 is 5.32 Å². The molecule has 1 N–H and O–H groups in total. The molecule has 0 fully saturated rings. The molecule has 0 saturated heterocycles. The zero-order valence-electron chi connectivity index (χ0n) is 11.0. The Hall–Kier alpha value is -1.99. The Labute approximate surface area is 123 Å². The number of carbonyl (C=O) groups is 1. The van der Waals surface area contributed by atoms with Gasteiger partial charge in [0, 0.05) is 30.3 Å². The van der Waals surface area contributed by atoms with E-state index in [1.165, 1.54) is 11.3 Å². The molecule has 3 aromatic heterocycles. The van der Waals surface area contributed by atoms with Crippen LogP contribution in [0.25, 0.3) is 10.6 Å². The summed E-state index contributed by atoms with van der Waals surface area (Å²) in [6, 6.07) is 3.76. The molecule has 0 bridgehead atoms. The molecule has 20 heavy (non-hydrogen) atoms. The molecule has 0 spiro atoms. The summed E-state index contributed by atoms with van der Waals surface area (Å²) in [7, 11) is 1.81. The first kappa shape index (κ1) is 13.0. The number of carbonyl (C=O) groups excluding carboxylic acids is 1. The van der Waals surface area contributed by atoms with Gasteiger partial charge in [-0.15, -0.1) is 11.3 Å². The molecule has 3 rings (SSSR count). The van der Waals surface area contributed by atoms with Crippen LogP contribution in [0.1, 0.15) is 15.4 Å². The van der Waals surface area contributed by atoms with E-state index in [1.54, 1.807) is 28.3 Å². The number of anilines is 1. The molecule has 0 radical (unpaired) electrons. The fraction of sp³-hybridized carbons (Fsp3) is 0.154. The Morgan fingerprint density at radius 2 is 2.25 bits per heavy atom. The maximum absolute atomic E-state index is 12.2. The summed E-state index contributed by atoms with van der Waals surface area (Å²) in [5.74, 6) is 0.377. The van der Waals surface area contributed by atoms with Crippen molar-refractivity contribution >= 4 is 34.4 Å². The summed E-state index contributed by atoms with van der Waals surface area (Å²) in [5, 5.41) is 11.8. The van der Waals surface area contributed by atoms with Gasteiger partial charge in [-0.2, -0.15) is 16.4 Å². The second kappa shape index (κ2) is 5.18. The molecule has 3 aromatic rings. The van der Waals surface area contributed by atoms with Crippen molar-refractivity contribution in [2.24, 2.45) is 7.05 Å². The number of amides is 1. The molecule has 5 nitrogen and oxygen atoms in total. The monoisotopic (exact) mass is 304 g/mol. The highest BCUT2D eigenvalue weighted by Gasteiger charge is 2.17. The van der Waals surface area contributed by atoms with Gasteiger partial charge in [0.15, 0.2) is 5.82 Å². The van der Waals surface area contributed by atoms with Gasteiger partial charge in [0.1, 0.15) is 9.88 Å². The number of aromatic nitrogens is 3. The number of nitrogens with zero attached hydrogens (tertiary/aromatic N) is 3. The van der Waals surface area contributed by atoms with Crippen molar-refractivity contribution in [3.63, 3.8) is 0 Å². The average molecular weight is 304 g/mol. The van der Waals surface area contributed by atoms with Gasteiger partial charge >= 0.3 is 0 Å². The first-order valence-electron chi connectivity index (χ1n) is 5.94.